The van der Waals surface area contributed by atoms with Crippen LogP contribution in [0.3, 0.4) is 0 Å². The maximum atomic E-state index is 12.3. The lowest BCUT2D eigenvalue weighted by Gasteiger charge is -2.35. The van der Waals surface area contributed by atoms with E-state index in [1.54, 1.807) is 0 Å². The Morgan fingerprint density at radius 1 is 1.00 bits per heavy atom. The molecule has 1 heterocycles. The molecule has 2 aromatic rings. The van der Waals surface area contributed by atoms with Crippen LogP contribution in [0.5, 0.6) is 0 Å². The summed E-state index contributed by atoms with van der Waals surface area (Å²) in [6, 6.07) is 20.4. The van der Waals surface area contributed by atoms with Crippen molar-refractivity contribution in [2.75, 3.05) is 32.8 Å². The summed E-state index contributed by atoms with van der Waals surface area (Å²) in [5.74, 6) is 0.0652. The van der Waals surface area contributed by atoms with Gasteiger partial charge in [-0.1, -0.05) is 60.7 Å². The van der Waals surface area contributed by atoms with Crippen LogP contribution < -0.4 is 5.32 Å². The van der Waals surface area contributed by atoms with Crippen LogP contribution >= 0.6 is 0 Å². The first-order valence-corrected chi connectivity index (χ1v) is 8.50. The SMILES string of the molecule is O=C(Cc1ccccc1)NCC(c1ccccc1)N1CCOCC1. The molecule has 1 atom stereocenters. The molecule has 0 spiro atoms. The number of amides is 1. The summed E-state index contributed by atoms with van der Waals surface area (Å²) in [6.45, 7) is 3.92. The molecular weight excluding hydrogens is 300 g/mol. The van der Waals surface area contributed by atoms with E-state index in [0.29, 0.717) is 13.0 Å². The quantitative estimate of drug-likeness (QED) is 0.887. The van der Waals surface area contributed by atoms with Gasteiger partial charge in [-0.25, -0.2) is 0 Å². The minimum absolute atomic E-state index is 0.0652. The maximum Gasteiger partial charge on any atom is 0.224 e. The molecule has 0 bridgehead atoms. The summed E-state index contributed by atoms with van der Waals surface area (Å²) in [4.78, 5) is 14.7. The Hall–Kier alpha value is -2.17. The van der Waals surface area contributed by atoms with Gasteiger partial charge in [0.25, 0.3) is 0 Å². The molecule has 4 heteroatoms. The normalized spacial score (nSPS) is 16.5. The highest BCUT2D eigenvalue weighted by Gasteiger charge is 2.22. The Kier molecular flexibility index (Phi) is 5.99. The molecule has 1 aliphatic heterocycles. The first-order valence-electron chi connectivity index (χ1n) is 8.50. The van der Waals surface area contributed by atoms with Gasteiger partial charge in [0.15, 0.2) is 0 Å². The van der Waals surface area contributed by atoms with Crippen molar-refractivity contribution in [1.82, 2.24) is 10.2 Å². The molecule has 0 aliphatic carbocycles. The van der Waals surface area contributed by atoms with Crippen molar-refractivity contribution in [3.05, 3.63) is 71.8 Å². The predicted molar refractivity (Wildman–Crippen MR) is 94.7 cm³/mol. The summed E-state index contributed by atoms with van der Waals surface area (Å²) < 4.78 is 5.46. The van der Waals surface area contributed by atoms with E-state index in [-0.39, 0.29) is 11.9 Å². The Morgan fingerprint density at radius 3 is 2.29 bits per heavy atom. The van der Waals surface area contributed by atoms with Gasteiger partial charge < -0.3 is 10.1 Å². The molecule has 0 radical (unpaired) electrons. The summed E-state index contributed by atoms with van der Waals surface area (Å²) in [5.41, 5.74) is 2.28. The highest BCUT2D eigenvalue weighted by Crippen LogP contribution is 2.21. The average molecular weight is 324 g/mol. The van der Waals surface area contributed by atoms with Gasteiger partial charge in [0.05, 0.1) is 25.7 Å². The van der Waals surface area contributed by atoms with Crippen molar-refractivity contribution < 1.29 is 9.53 Å². The highest BCUT2D eigenvalue weighted by molar-refractivity contribution is 5.78. The van der Waals surface area contributed by atoms with Crippen LogP contribution in [0.4, 0.5) is 0 Å². The third-order valence-electron chi connectivity index (χ3n) is 4.37. The van der Waals surface area contributed by atoms with E-state index in [2.05, 4.69) is 34.5 Å². The number of carbonyl (C=O) groups excluding carboxylic acids is 1. The van der Waals surface area contributed by atoms with Crippen LogP contribution in [0.2, 0.25) is 0 Å². The molecule has 4 nitrogen and oxygen atoms in total. The zero-order valence-corrected chi connectivity index (χ0v) is 13.9. The number of hydrogen-bond acceptors (Lipinski definition) is 3. The summed E-state index contributed by atoms with van der Waals surface area (Å²) in [5, 5.41) is 3.11. The minimum atomic E-state index is 0.0652. The standard InChI is InChI=1S/C20H24N2O2/c23-20(15-17-7-3-1-4-8-17)21-16-19(18-9-5-2-6-10-18)22-11-13-24-14-12-22/h1-10,19H,11-16H2,(H,21,23). The number of ether oxygens (including phenoxy) is 1. The van der Waals surface area contributed by atoms with Crippen molar-refractivity contribution in [2.45, 2.75) is 12.5 Å². The lowest BCUT2D eigenvalue weighted by molar-refractivity contribution is -0.120. The van der Waals surface area contributed by atoms with Gasteiger partial charge in [0, 0.05) is 19.6 Å². The second-order valence-electron chi connectivity index (χ2n) is 6.04. The third kappa shape index (κ3) is 4.66. The fourth-order valence-corrected chi connectivity index (χ4v) is 3.08. The highest BCUT2D eigenvalue weighted by atomic mass is 16.5. The molecule has 0 aromatic heterocycles. The molecule has 1 amide bonds. The van der Waals surface area contributed by atoms with Gasteiger partial charge in [-0.15, -0.1) is 0 Å². The zero-order chi connectivity index (χ0) is 16.6. The van der Waals surface area contributed by atoms with E-state index in [9.17, 15) is 4.79 Å². The van der Waals surface area contributed by atoms with Crippen LogP contribution in [0.15, 0.2) is 60.7 Å². The van der Waals surface area contributed by atoms with Crippen molar-refractivity contribution in [2.24, 2.45) is 0 Å². The van der Waals surface area contributed by atoms with Gasteiger partial charge in [-0.05, 0) is 11.1 Å². The van der Waals surface area contributed by atoms with E-state index < -0.39 is 0 Å². The molecule has 24 heavy (non-hydrogen) atoms. The summed E-state index contributed by atoms with van der Waals surface area (Å²) in [6.07, 6.45) is 0.422. The van der Waals surface area contributed by atoms with Gasteiger partial charge >= 0.3 is 0 Å². The number of carbonyl (C=O) groups is 1. The Labute approximate surface area is 143 Å². The van der Waals surface area contributed by atoms with E-state index in [0.717, 1.165) is 31.9 Å². The maximum absolute atomic E-state index is 12.3. The van der Waals surface area contributed by atoms with Crippen LogP contribution in [0, 0.1) is 0 Å². The number of rotatable bonds is 6. The van der Waals surface area contributed by atoms with Gasteiger partial charge in [-0.2, -0.15) is 0 Å². The monoisotopic (exact) mass is 324 g/mol. The molecule has 1 unspecified atom stereocenters. The van der Waals surface area contributed by atoms with Crippen molar-refractivity contribution >= 4 is 5.91 Å². The molecule has 1 aliphatic rings. The van der Waals surface area contributed by atoms with E-state index in [4.69, 9.17) is 4.74 Å². The molecule has 126 valence electrons. The molecule has 1 fully saturated rings. The van der Waals surface area contributed by atoms with Crippen LogP contribution in [0.1, 0.15) is 17.2 Å². The van der Waals surface area contributed by atoms with E-state index in [1.165, 1.54) is 5.56 Å². The van der Waals surface area contributed by atoms with Crippen molar-refractivity contribution in [3.63, 3.8) is 0 Å². The van der Waals surface area contributed by atoms with Crippen LogP contribution in [-0.4, -0.2) is 43.7 Å². The number of morpholine rings is 1. The first-order chi connectivity index (χ1) is 11.8. The Bertz CT molecular complexity index is 625. The molecule has 1 saturated heterocycles. The largest absolute Gasteiger partial charge is 0.379 e. The Balaban J connectivity index is 1.62. The number of nitrogens with zero attached hydrogens (tertiary/aromatic N) is 1. The lowest BCUT2D eigenvalue weighted by atomic mass is 10.0. The predicted octanol–water partition coefficient (Wildman–Crippen LogP) is 2.42. The fraction of sp³-hybridized carbons (Fsp3) is 0.350. The molecule has 1 N–H and O–H groups in total. The molecule has 2 aromatic carbocycles. The first kappa shape index (κ1) is 16.7. The van der Waals surface area contributed by atoms with Gasteiger partial charge in [0.2, 0.25) is 5.91 Å². The topological polar surface area (TPSA) is 41.6 Å². The number of nitrogens with one attached hydrogen (secondary N) is 1. The Morgan fingerprint density at radius 2 is 1.62 bits per heavy atom. The zero-order valence-electron chi connectivity index (χ0n) is 13.9. The van der Waals surface area contributed by atoms with Crippen molar-refractivity contribution in [3.8, 4) is 0 Å². The number of hydrogen-bond donors (Lipinski definition) is 1. The second kappa shape index (κ2) is 8.62. The van der Waals surface area contributed by atoms with Gasteiger partial charge in [0.1, 0.15) is 0 Å². The third-order valence-corrected chi connectivity index (χ3v) is 4.37. The number of benzene rings is 2. The van der Waals surface area contributed by atoms with Crippen LogP contribution in [-0.2, 0) is 16.0 Å². The minimum Gasteiger partial charge on any atom is -0.379 e. The van der Waals surface area contributed by atoms with Gasteiger partial charge in [-0.3, -0.25) is 9.69 Å². The lowest BCUT2D eigenvalue weighted by Crippen LogP contribution is -2.44. The summed E-state index contributed by atoms with van der Waals surface area (Å²) >= 11 is 0. The van der Waals surface area contributed by atoms with Crippen molar-refractivity contribution in [1.29, 1.82) is 0 Å². The average Bonchev–Trinajstić information content (AvgIpc) is 2.64. The van der Waals surface area contributed by atoms with E-state index >= 15 is 0 Å². The summed E-state index contributed by atoms with van der Waals surface area (Å²) in [7, 11) is 0. The second-order valence-corrected chi connectivity index (χ2v) is 6.04. The molecule has 3 rings (SSSR count). The smallest absolute Gasteiger partial charge is 0.224 e. The molecule has 0 saturated carbocycles. The van der Waals surface area contributed by atoms with E-state index in [1.807, 2.05) is 36.4 Å². The molecular formula is C20H24N2O2. The fourth-order valence-electron chi connectivity index (χ4n) is 3.08. The van der Waals surface area contributed by atoms with Crippen LogP contribution in [0.25, 0.3) is 0 Å².